The molecule has 0 heterocycles. The highest BCUT2D eigenvalue weighted by Gasteiger charge is 2.36. The molecule has 2 heteroatoms. The van der Waals surface area contributed by atoms with Gasteiger partial charge >= 0.3 is 0 Å². The van der Waals surface area contributed by atoms with E-state index in [0.717, 1.165) is 45.3 Å². The second-order valence-electron chi connectivity index (χ2n) is 20.1. The Morgan fingerprint density at radius 3 is 1.11 bits per heavy atom. The molecule has 1 aliphatic carbocycles. The van der Waals surface area contributed by atoms with Crippen LogP contribution in [-0.2, 0) is 5.41 Å². The summed E-state index contributed by atoms with van der Waals surface area (Å²) in [4.78, 5) is 4.80. The van der Waals surface area contributed by atoms with E-state index in [-0.39, 0.29) is 5.41 Å². The summed E-state index contributed by atoms with van der Waals surface area (Å²) in [5.74, 6) is 0. The molecule has 0 N–H and O–H groups in total. The molecule has 0 unspecified atom stereocenters. The largest absolute Gasteiger partial charge is 0.310 e. The van der Waals surface area contributed by atoms with E-state index < -0.39 is 0 Å². The first-order valence-electron chi connectivity index (χ1n) is 26.0. The fraction of sp³-hybridized carbons (Fsp3) is 0.0411. The molecule has 356 valence electrons. The van der Waals surface area contributed by atoms with Crippen molar-refractivity contribution in [2.24, 2.45) is 0 Å². The quantitative estimate of drug-likeness (QED) is 0.127. The predicted octanol–water partition coefficient (Wildman–Crippen LogP) is 20.4. The van der Waals surface area contributed by atoms with Gasteiger partial charge in [0.2, 0.25) is 0 Å². The Morgan fingerprint density at radius 2 is 0.587 bits per heavy atom. The van der Waals surface area contributed by atoms with Crippen molar-refractivity contribution in [1.82, 2.24) is 0 Å². The lowest BCUT2D eigenvalue weighted by molar-refractivity contribution is 0.660. The number of fused-ring (bicyclic) bond motifs is 4. The smallest absolute Gasteiger partial charge is 0.0546 e. The highest BCUT2D eigenvalue weighted by Crippen LogP contribution is 2.51. The third kappa shape index (κ3) is 8.37. The summed E-state index contributed by atoms with van der Waals surface area (Å²) < 4.78 is 0. The Kier molecular flexibility index (Phi) is 11.6. The molecule has 0 bridgehead atoms. The third-order valence-electron chi connectivity index (χ3n) is 15.2. The number of hydrogen-bond acceptors (Lipinski definition) is 2. The molecule has 0 amide bonds. The van der Waals surface area contributed by atoms with Crippen LogP contribution in [0.1, 0.15) is 25.0 Å². The van der Waals surface area contributed by atoms with Crippen molar-refractivity contribution >= 4 is 44.9 Å². The first-order chi connectivity index (χ1) is 37.0. The van der Waals surface area contributed by atoms with E-state index in [2.05, 4.69) is 315 Å². The van der Waals surface area contributed by atoms with Crippen LogP contribution in [0.25, 0.3) is 77.5 Å². The summed E-state index contributed by atoms with van der Waals surface area (Å²) in [6.45, 7) is 4.71. The van der Waals surface area contributed by atoms with Crippen LogP contribution in [0.4, 0.5) is 34.1 Å². The number of benzene rings is 12. The van der Waals surface area contributed by atoms with E-state index in [9.17, 15) is 0 Å². The molecule has 0 saturated heterocycles. The van der Waals surface area contributed by atoms with Crippen molar-refractivity contribution < 1.29 is 0 Å². The van der Waals surface area contributed by atoms with Crippen molar-refractivity contribution in [2.75, 3.05) is 9.80 Å². The Labute approximate surface area is 440 Å². The molecule has 2 nitrogen and oxygen atoms in total. The molecular formula is C73H54N2. The van der Waals surface area contributed by atoms with Crippen molar-refractivity contribution in [2.45, 2.75) is 19.3 Å². The van der Waals surface area contributed by atoms with Gasteiger partial charge in [-0.1, -0.05) is 220 Å². The fourth-order valence-electron chi connectivity index (χ4n) is 11.5. The molecule has 0 atom stereocenters. The SMILES string of the molecule is CC1(C)c2ccccc2-c2ccc(N(c3ccccc3)c3ccc(-c4cc(-c5ccccc5)c(-c5ccc(N(c6ccccc6)c6cc7ccccc7cc6-c6ccccc6)cc5)cc4-c4ccccc4)cc3)cc21. The lowest BCUT2D eigenvalue weighted by Crippen LogP contribution is -2.16. The summed E-state index contributed by atoms with van der Waals surface area (Å²) in [6.07, 6.45) is 0. The van der Waals surface area contributed by atoms with Gasteiger partial charge in [0.1, 0.15) is 0 Å². The molecule has 12 aromatic rings. The van der Waals surface area contributed by atoms with Crippen molar-refractivity contribution in [1.29, 1.82) is 0 Å². The lowest BCUT2D eigenvalue weighted by atomic mass is 9.82. The van der Waals surface area contributed by atoms with Gasteiger partial charge in [-0.05, 0) is 168 Å². The van der Waals surface area contributed by atoms with Gasteiger partial charge in [0, 0.05) is 39.4 Å². The van der Waals surface area contributed by atoms with E-state index in [1.54, 1.807) is 0 Å². The van der Waals surface area contributed by atoms with Gasteiger partial charge in [0.15, 0.2) is 0 Å². The topological polar surface area (TPSA) is 6.48 Å². The summed E-state index contributed by atoms with van der Waals surface area (Å²) in [6, 6.07) is 106. The van der Waals surface area contributed by atoms with Gasteiger partial charge < -0.3 is 9.80 Å². The van der Waals surface area contributed by atoms with Gasteiger partial charge in [0.25, 0.3) is 0 Å². The molecule has 0 aliphatic heterocycles. The second-order valence-corrected chi connectivity index (χ2v) is 20.1. The summed E-state index contributed by atoms with van der Waals surface area (Å²) in [5.41, 5.74) is 23.6. The molecule has 0 saturated carbocycles. The minimum absolute atomic E-state index is 0.111. The summed E-state index contributed by atoms with van der Waals surface area (Å²) >= 11 is 0. The highest BCUT2D eigenvalue weighted by atomic mass is 15.1. The Balaban J connectivity index is 0.933. The van der Waals surface area contributed by atoms with Crippen LogP contribution < -0.4 is 9.80 Å². The van der Waals surface area contributed by atoms with Gasteiger partial charge in [-0.15, -0.1) is 0 Å². The van der Waals surface area contributed by atoms with E-state index >= 15 is 0 Å². The van der Waals surface area contributed by atoms with Gasteiger partial charge in [-0.25, -0.2) is 0 Å². The summed E-state index contributed by atoms with van der Waals surface area (Å²) in [7, 11) is 0. The Morgan fingerprint density at radius 1 is 0.227 bits per heavy atom. The molecule has 12 aromatic carbocycles. The third-order valence-corrected chi connectivity index (χ3v) is 15.2. The van der Waals surface area contributed by atoms with Crippen molar-refractivity contribution in [3.05, 3.63) is 302 Å². The van der Waals surface area contributed by atoms with Gasteiger partial charge in [-0.2, -0.15) is 0 Å². The molecule has 0 fully saturated rings. The molecule has 0 aromatic heterocycles. The zero-order valence-corrected chi connectivity index (χ0v) is 42.1. The fourth-order valence-corrected chi connectivity index (χ4v) is 11.5. The number of nitrogens with zero attached hydrogens (tertiary/aromatic N) is 2. The minimum atomic E-state index is -0.111. The Bertz CT molecular complexity index is 3980. The number of para-hydroxylation sites is 2. The van der Waals surface area contributed by atoms with Crippen molar-refractivity contribution in [3.63, 3.8) is 0 Å². The standard InChI is InChI=1S/C73H54N2/c1-73(2)70-35-21-20-34-63(70)64-45-44-62(48-71(64)73)74(58-30-14-6-15-31-58)60-40-36-54(37-41-60)67-49-66(52-24-10-4-11-25-52)68(50-65(67)51-22-8-3-9-23-51)55-38-42-61(43-39-55)75(59-32-16-7-17-33-59)72-47-57-29-19-18-28-56(57)46-69(72)53-26-12-5-13-27-53/h3-50H,1-2H3. The maximum Gasteiger partial charge on any atom is 0.0546 e. The molecule has 1 aliphatic rings. The average Bonchev–Trinajstić information content (AvgIpc) is 3.76. The van der Waals surface area contributed by atoms with E-state index in [1.165, 1.54) is 77.5 Å². The van der Waals surface area contributed by atoms with Crippen LogP contribution >= 0.6 is 0 Å². The number of rotatable bonds is 11. The van der Waals surface area contributed by atoms with Gasteiger partial charge in [0.05, 0.1) is 5.69 Å². The van der Waals surface area contributed by atoms with Crippen LogP contribution in [0.3, 0.4) is 0 Å². The monoisotopic (exact) mass is 958 g/mol. The Hall–Kier alpha value is -9.50. The minimum Gasteiger partial charge on any atom is -0.310 e. The van der Waals surface area contributed by atoms with Crippen LogP contribution in [0.15, 0.2) is 291 Å². The highest BCUT2D eigenvalue weighted by molar-refractivity contribution is 6.00. The van der Waals surface area contributed by atoms with Crippen LogP contribution in [0.2, 0.25) is 0 Å². The van der Waals surface area contributed by atoms with Crippen LogP contribution in [-0.4, -0.2) is 0 Å². The summed E-state index contributed by atoms with van der Waals surface area (Å²) in [5, 5.41) is 2.41. The normalized spacial score (nSPS) is 12.2. The van der Waals surface area contributed by atoms with E-state index in [4.69, 9.17) is 0 Å². The van der Waals surface area contributed by atoms with Crippen molar-refractivity contribution in [3.8, 4) is 66.8 Å². The molecule has 75 heavy (non-hydrogen) atoms. The second kappa shape index (κ2) is 19.2. The molecule has 0 spiro atoms. The maximum atomic E-state index is 2.42. The zero-order valence-electron chi connectivity index (χ0n) is 42.1. The first kappa shape index (κ1) is 45.4. The molecule has 13 rings (SSSR count). The zero-order chi connectivity index (χ0) is 50.3. The predicted molar refractivity (Wildman–Crippen MR) is 318 cm³/mol. The van der Waals surface area contributed by atoms with E-state index in [1.807, 2.05) is 0 Å². The maximum absolute atomic E-state index is 2.42. The lowest BCUT2D eigenvalue weighted by Gasteiger charge is -2.29. The molecule has 0 radical (unpaired) electrons. The van der Waals surface area contributed by atoms with E-state index in [0.29, 0.717) is 0 Å². The van der Waals surface area contributed by atoms with Crippen LogP contribution in [0.5, 0.6) is 0 Å². The van der Waals surface area contributed by atoms with Gasteiger partial charge in [-0.3, -0.25) is 0 Å². The van der Waals surface area contributed by atoms with Crippen LogP contribution in [0, 0.1) is 0 Å². The average molecular weight is 959 g/mol. The number of anilines is 6. The number of hydrogen-bond donors (Lipinski definition) is 0. The first-order valence-corrected chi connectivity index (χ1v) is 26.0. The molecular weight excluding hydrogens is 905 g/mol.